The summed E-state index contributed by atoms with van der Waals surface area (Å²) in [5.41, 5.74) is 2.91. The zero-order chi connectivity index (χ0) is 12.0. The van der Waals surface area contributed by atoms with Gasteiger partial charge in [-0.25, -0.2) is 0 Å². The Bertz CT molecular complexity index is 417. The quantitative estimate of drug-likeness (QED) is 0.831. The van der Waals surface area contributed by atoms with Crippen molar-refractivity contribution >= 4 is 0 Å². The molecule has 3 rings (SSSR count). The van der Waals surface area contributed by atoms with Gasteiger partial charge in [-0.3, -0.25) is 0 Å². The zero-order valence-electron chi connectivity index (χ0n) is 10.8. The molecule has 2 saturated carbocycles. The van der Waals surface area contributed by atoms with Gasteiger partial charge >= 0.3 is 0 Å². The summed E-state index contributed by atoms with van der Waals surface area (Å²) in [6.45, 7) is 4.49. The van der Waals surface area contributed by atoms with Crippen LogP contribution in [0.15, 0.2) is 24.3 Å². The molecule has 1 heteroatoms. The summed E-state index contributed by atoms with van der Waals surface area (Å²) in [6.07, 6.45) is 4.92. The number of aliphatic hydroxyl groups is 1. The van der Waals surface area contributed by atoms with E-state index in [1.54, 1.807) is 0 Å². The van der Waals surface area contributed by atoms with E-state index in [1.807, 2.05) is 0 Å². The maximum atomic E-state index is 10.4. The van der Waals surface area contributed by atoms with E-state index in [2.05, 4.69) is 38.1 Å². The minimum absolute atomic E-state index is 0.259. The van der Waals surface area contributed by atoms with Crippen molar-refractivity contribution < 1.29 is 5.11 Å². The molecular formula is C16H22O. The van der Waals surface area contributed by atoms with Gasteiger partial charge in [0.2, 0.25) is 0 Å². The summed E-state index contributed by atoms with van der Waals surface area (Å²) < 4.78 is 0. The second-order valence-corrected chi connectivity index (χ2v) is 6.54. The molecule has 0 spiro atoms. The van der Waals surface area contributed by atoms with Crippen molar-refractivity contribution in [3.8, 4) is 0 Å². The van der Waals surface area contributed by atoms with Crippen LogP contribution in [0.25, 0.3) is 0 Å². The lowest BCUT2D eigenvalue weighted by molar-refractivity contribution is 0.138. The third kappa shape index (κ3) is 2.01. The highest BCUT2D eigenvalue weighted by molar-refractivity contribution is 5.30. The van der Waals surface area contributed by atoms with Gasteiger partial charge in [-0.1, -0.05) is 44.5 Å². The minimum atomic E-state index is -0.259. The molecule has 17 heavy (non-hydrogen) atoms. The van der Waals surface area contributed by atoms with Crippen LogP contribution in [0, 0.1) is 11.3 Å². The van der Waals surface area contributed by atoms with Crippen molar-refractivity contribution in [2.45, 2.75) is 51.6 Å². The summed E-state index contributed by atoms with van der Waals surface area (Å²) in [5.74, 6) is 1.22. The van der Waals surface area contributed by atoms with Crippen molar-refractivity contribution in [1.82, 2.24) is 0 Å². The van der Waals surface area contributed by atoms with Gasteiger partial charge in [-0.2, -0.15) is 0 Å². The molecule has 0 radical (unpaired) electrons. The predicted octanol–water partition coefficient (Wildman–Crippen LogP) is 4.03. The fourth-order valence-electron chi connectivity index (χ4n) is 3.02. The van der Waals surface area contributed by atoms with Crippen LogP contribution in [0.4, 0.5) is 0 Å². The van der Waals surface area contributed by atoms with Crippen LogP contribution in [0.2, 0.25) is 0 Å². The molecule has 2 unspecified atom stereocenters. The van der Waals surface area contributed by atoms with Gasteiger partial charge < -0.3 is 5.11 Å². The fourth-order valence-corrected chi connectivity index (χ4v) is 3.02. The van der Waals surface area contributed by atoms with Gasteiger partial charge in [0.05, 0.1) is 6.10 Å². The van der Waals surface area contributed by atoms with Crippen molar-refractivity contribution in [3.63, 3.8) is 0 Å². The largest absolute Gasteiger partial charge is 0.388 e. The van der Waals surface area contributed by atoms with E-state index in [0.717, 1.165) is 17.9 Å². The topological polar surface area (TPSA) is 20.2 Å². The molecule has 0 amide bonds. The van der Waals surface area contributed by atoms with E-state index in [9.17, 15) is 5.11 Å². The predicted molar refractivity (Wildman–Crippen MR) is 69.9 cm³/mol. The summed E-state index contributed by atoms with van der Waals surface area (Å²) in [5, 5.41) is 10.4. The monoisotopic (exact) mass is 230 g/mol. The molecule has 92 valence electrons. The van der Waals surface area contributed by atoms with Gasteiger partial charge in [0, 0.05) is 0 Å². The summed E-state index contributed by atoms with van der Waals surface area (Å²) in [4.78, 5) is 0. The molecule has 1 nitrogen and oxygen atoms in total. The van der Waals surface area contributed by atoms with Crippen molar-refractivity contribution in [3.05, 3.63) is 35.4 Å². The second kappa shape index (κ2) is 3.84. The van der Waals surface area contributed by atoms with Gasteiger partial charge in [-0.15, -0.1) is 0 Å². The lowest BCUT2D eigenvalue weighted by Crippen LogP contribution is -2.10. The Hall–Kier alpha value is -0.820. The Morgan fingerprint density at radius 3 is 2.53 bits per heavy atom. The minimum Gasteiger partial charge on any atom is -0.388 e. The molecule has 2 atom stereocenters. The third-order valence-corrected chi connectivity index (χ3v) is 4.80. The van der Waals surface area contributed by atoms with E-state index in [-0.39, 0.29) is 6.10 Å². The molecule has 0 aromatic heterocycles. The van der Waals surface area contributed by atoms with Crippen LogP contribution in [0.5, 0.6) is 0 Å². The highest BCUT2D eigenvalue weighted by atomic mass is 16.3. The Morgan fingerprint density at radius 1 is 1.29 bits per heavy atom. The fraction of sp³-hybridized carbons (Fsp3) is 0.625. The number of hydrogen-bond donors (Lipinski definition) is 1. The molecule has 1 N–H and O–H groups in total. The van der Waals surface area contributed by atoms with Crippen LogP contribution >= 0.6 is 0 Å². The van der Waals surface area contributed by atoms with Gasteiger partial charge in [0.1, 0.15) is 0 Å². The maximum absolute atomic E-state index is 10.4. The highest BCUT2D eigenvalue weighted by Gasteiger charge is 2.50. The molecule has 2 aliphatic rings. The van der Waals surface area contributed by atoms with E-state index < -0.39 is 0 Å². The summed E-state index contributed by atoms with van der Waals surface area (Å²) in [6, 6.07) is 8.66. The van der Waals surface area contributed by atoms with Gasteiger partial charge in [0.15, 0.2) is 0 Å². The van der Waals surface area contributed by atoms with Gasteiger partial charge in [0.25, 0.3) is 0 Å². The summed E-state index contributed by atoms with van der Waals surface area (Å²) in [7, 11) is 0. The van der Waals surface area contributed by atoms with Crippen molar-refractivity contribution in [1.29, 1.82) is 0 Å². The molecule has 2 aliphatic carbocycles. The Kier molecular flexibility index (Phi) is 2.55. The van der Waals surface area contributed by atoms with Crippen molar-refractivity contribution in [2.24, 2.45) is 11.3 Å². The molecule has 1 aromatic carbocycles. The lowest BCUT2D eigenvalue weighted by Gasteiger charge is -2.26. The van der Waals surface area contributed by atoms with Crippen LogP contribution in [0.3, 0.4) is 0 Å². The Labute approximate surface area is 104 Å². The normalized spacial score (nSPS) is 28.5. The highest BCUT2D eigenvalue weighted by Crippen LogP contribution is 2.57. The first-order valence-electron chi connectivity index (χ1n) is 6.86. The van der Waals surface area contributed by atoms with E-state index in [1.165, 1.54) is 24.8 Å². The standard InChI is InChI=1S/C16H22O/c1-16(2)10-14(16)15(17)13-8-4-7-12(9-13)11-5-3-6-11/h4,7-9,11,14-15,17H,3,5-6,10H2,1-2H3. The van der Waals surface area contributed by atoms with Crippen LogP contribution in [-0.4, -0.2) is 5.11 Å². The first-order valence-corrected chi connectivity index (χ1v) is 6.86. The molecule has 0 aliphatic heterocycles. The number of hydrogen-bond acceptors (Lipinski definition) is 1. The van der Waals surface area contributed by atoms with E-state index >= 15 is 0 Å². The van der Waals surface area contributed by atoms with Crippen LogP contribution < -0.4 is 0 Å². The zero-order valence-corrected chi connectivity index (χ0v) is 10.8. The van der Waals surface area contributed by atoms with Crippen LogP contribution in [0.1, 0.15) is 62.7 Å². The lowest BCUT2D eigenvalue weighted by atomic mass is 9.79. The van der Waals surface area contributed by atoms with Crippen LogP contribution in [-0.2, 0) is 0 Å². The van der Waals surface area contributed by atoms with Crippen molar-refractivity contribution in [2.75, 3.05) is 0 Å². The molecule has 0 bridgehead atoms. The second-order valence-electron chi connectivity index (χ2n) is 6.54. The van der Waals surface area contributed by atoms with E-state index in [0.29, 0.717) is 11.3 Å². The number of benzene rings is 1. The average Bonchev–Trinajstić information content (AvgIpc) is 2.85. The Morgan fingerprint density at radius 2 is 2.00 bits per heavy atom. The Balaban J connectivity index is 1.78. The smallest absolute Gasteiger partial charge is 0.0823 e. The molecule has 1 aromatic rings. The molecule has 2 fully saturated rings. The molecule has 0 saturated heterocycles. The van der Waals surface area contributed by atoms with Gasteiger partial charge in [-0.05, 0) is 47.6 Å². The number of rotatable bonds is 3. The molecule has 0 heterocycles. The average molecular weight is 230 g/mol. The SMILES string of the molecule is CC1(C)CC1C(O)c1cccc(C2CCC2)c1. The number of aliphatic hydroxyl groups excluding tert-OH is 1. The summed E-state index contributed by atoms with van der Waals surface area (Å²) >= 11 is 0. The first kappa shape index (κ1) is 11.3. The molecular weight excluding hydrogens is 208 g/mol. The maximum Gasteiger partial charge on any atom is 0.0823 e. The third-order valence-electron chi connectivity index (χ3n) is 4.80. The van der Waals surface area contributed by atoms with E-state index in [4.69, 9.17) is 0 Å². The first-order chi connectivity index (χ1) is 8.08.